The molecular weight excluding hydrogens is 348 g/mol. The summed E-state index contributed by atoms with van der Waals surface area (Å²) in [6.07, 6.45) is -0.756. The highest BCUT2D eigenvalue weighted by Crippen LogP contribution is 2.27. The van der Waals surface area contributed by atoms with Crippen molar-refractivity contribution in [2.75, 3.05) is 19.8 Å². The number of carbonyl (C=O) groups excluding carboxylic acids is 1. The number of hydrogen-bond acceptors (Lipinski definition) is 6. The molecule has 2 fully saturated rings. The molecule has 9 heteroatoms. The van der Waals surface area contributed by atoms with E-state index in [1.165, 1.54) is 24.3 Å². The Bertz CT molecular complexity index is 721. The number of hydrogen-bond donors (Lipinski definition) is 3. The van der Waals surface area contributed by atoms with Crippen LogP contribution in [-0.4, -0.2) is 63.5 Å². The maximum atomic E-state index is 12.4. The lowest BCUT2D eigenvalue weighted by atomic mass is 10.1. The summed E-state index contributed by atoms with van der Waals surface area (Å²) in [6.45, 7) is 2.70. The highest BCUT2D eigenvalue weighted by Gasteiger charge is 2.47. The topological polar surface area (TPSA) is 114 Å². The average Bonchev–Trinajstić information content (AvgIpc) is 3.17. The molecule has 0 radical (unpaired) electrons. The number of fused-ring (bicyclic) bond motifs is 1. The summed E-state index contributed by atoms with van der Waals surface area (Å²) in [5.74, 6) is -0.343. The first kappa shape index (κ1) is 18.3. The van der Waals surface area contributed by atoms with Crippen molar-refractivity contribution in [3.05, 3.63) is 29.8 Å². The molecule has 4 atom stereocenters. The number of nitrogens with one attached hydrogen (secondary N) is 2. The van der Waals surface area contributed by atoms with E-state index in [0.29, 0.717) is 18.5 Å². The second-order valence-electron chi connectivity index (χ2n) is 6.17. The Labute approximate surface area is 146 Å². The maximum Gasteiger partial charge on any atom is 0.251 e. The standard InChI is InChI=1S/C16H22N2O6S/c1-2-7-17-25(21,22)11-5-3-10(4-6-11)16(20)18-12-8-23-15-13(19)9-24-14(12)15/h3-6,12-15,17,19H,2,7-9H2,1H3,(H,18,20)/t12-,13-,14-,15-/m1/s1. The largest absolute Gasteiger partial charge is 0.388 e. The van der Waals surface area contributed by atoms with Crippen molar-refractivity contribution in [2.45, 2.75) is 42.6 Å². The van der Waals surface area contributed by atoms with E-state index in [0.717, 1.165) is 0 Å². The van der Waals surface area contributed by atoms with E-state index in [9.17, 15) is 18.3 Å². The maximum absolute atomic E-state index is 12.4. The lowest BCUT2D eigenvalue weighted by molar-refractivity contribution is 0.0178. The van der Waals surface area contributed by atoms with Gasteiger partial charge < -0.3 is 19.9 Å². The molecule has 0 aromatic heterocycles. The highest BCUT2D eigenvalue weighted by molar-refractivity contribution is 7.89. The molecule has 3 rings (SSSR count). The number of ether oxygens (including phenoxy) is 2. The summed E-state index contributed by atoms with van der Waals surface area (Å²) in [5, 5.41) is 12.5. The fourth-order valence-electron chi connectivity index (χ4n) is 2.96. The minimum atomic E-state index is -3.55. The van der Waals surface area contributed by atoms with E-state index in [1.54, 1.807) is 0 Å². The Hall–Kier alpha value is -1.52. The van der Waals surface area contributed by atoms with Crippen molar-refractivity contribution in [2.24, 2.45) is 0 Å². The van der Waals surface area contributed by atoms with E-state index in [4.69, 9.17) is 9.47 Å². The van der Waals surface area contributed by atoms with E-state index < -0.39 is 22.2 Å². The zero-order valence-corrected chi connectivity index (χ0v) is 14.7. The van der Waals surface area contributed by atoms with Crippen molar-refractivity contribution < 1.29 is 27.8 Å². The molecule has 2 saturated heterocycles. The molecule has 0 saturated carbocycles. The molecule has 1 amide bonds. The van der Waals surface area contributed by atoms with Gasteiger partial charge in [-0.3, -0.25) is 4.79 Å². The van der Waals surface area contributed by atoms with Gasteiger partial charge in [0.2, 0.25) is 10.0 Å². The van der Waals surface area contributed by atoms with E-state index in [-0.39, 0.29) is 36.2 Å². The first-order valence-corrected chi connectivity index (χ1v) is 9.72. The first-order chi connectivity index (χ1) is 11.9. The molecule has 1 aromatic carbocycles. The number of rotatable bonds is 6. The molecule has 8 nitrogen and oxygen atoms in total. The monoisotopic (exact) mass is 370 g/mol. The van der Waals surface area contributed by atoms with Crippen LogP contribution >= 0.6 is 0 Å². The summed E-state index contributed by atoms with van der Waals surface area (Å²) in [5.41, 5.74) is 0.344. The fraction of sp³-hybridized carbons (Fsp3) is 0.562. The highest BCUT2D eigenvalue weighted by atomic mass is 32.2. The second-order valence-corrected chi connectivity index (χ2v) is 7.93. The van der Waals surface area contributed by atoms with Crippen LogP contribution in [0.4, 0.5) is 0 Å². The molecule has 2 aliphatic rings. The number of carbonyl (C=O) groups is 1. The van der Waals surface area contributed by atoms with E-state index in [1.807, 2.05) is 6.92 Å². The Kier molecular flexibility index (Phi) is 5.40. The molecule has 0 spiro atoms. The number of aliphatic hydroxyl groups excluding tert-OH is 1. The van der Waals surface area contributed by atoms with Gasteiger partial charge in [-0.2, -0.15) is 0 Å². The Morgan fingerprint density at radius 2 is 1.88 bits per heavy atom. The van der Waals surface area contributed by atoms with Gasteiger partial charge >= 0.3 is 0 Å². The van der Waals surface area contributed by atoms with Crippen LogP contribution in [0.2, 0.25) is 0 Å². The predicted octanol–water partition coefficient (Wildman–Crippen LogP) is -0.368. The van der Waals surface area contributed by atoms with Gasteiger partial charge in [0.1, 0.15) is 18.3 Å². The first-order valence-electron chi connectivity index (χ1n) is 8.24. The van der Waals surface area contributed by atoms with Crippen molar-refractivity contribution in [1.29, 1.82) is 0 Å². The van der Waals surface area contributed by atoms with Crippen molar-refractivity contribution in [1.82, 2.24) is 10.0 Å². The Balaban J connectivity index is 1.63. The normalized spacial score (nSPS) is 28.7. The minimum absolute atomic E-state index is 0.115. The molecule has 25 heavy (non-hydrogen) atoms. The van der Waals surface area contributed by atoms with E-state index in [2.05, 4.69) is 10.0 Å². The number of sulfonamides is 1. The van der Waals surface area contributed by atoms with Gasteiger partial charge in [0.15, 0.2) is 0 Å². The van der Waals surface area contributed by atoms with Crippen molar-refractivity contribution >= 4 is 15.9 Å². The van der Waals surface area contributed by atoms with Gasteiger partial charge in [-0.05, 0) is 30.7 Å². The molecule has 1 aromatic rings. The van der Waals surface area contributed by atoms with Crippen LogP contribution in [-0.2, 0) is 19.5 Å². The average molecular weight is 370 g/mol. The van der Waals surface area contributed by atoms with Crippen LogP contribution in [0, 0.1) is 0 Å². The molecule has 0 aliphatic carbocycles. The number of benzene rings is 1. The molecule has 3 N–H and O–H groups in total. The lowest BCUT2D eigenvalue weighted by Gasteiger charge is -2.17. The molecule has 2 heterocycles. The zero-order valence-electron chi connectivity index (χ0n) is 13.8. The van der Waals surface area contributed by atoms with Gasteiger partial charge in [0.25, 0.3) is 5.91 Å². The number of aliphatic hydroxyl groups is 1. The third-order valence-corrected chi connectivity index (χ3v) is 5.79. The summed E-state index contributed by atoms with van der Waals surface area (Å²) < 4.78 is 37.5. The van der Waals surface area contributed by atoms with Gasteiger partial charge in [0.05, 0.1) is 24.2 Å². The molecular formula is C16H22N2O6S. The van der Waals surface area contributed by atoms with Crippen LogP contribution in [0.5, 0.6) is 0 Å². The Morgan fingerprint density at radius 3 is 2.56 bits per heavy atom. The summed E-state index contributed by atoms with van der Waals surface area (Å²) in [6, 6.07) is 5.39. The fourth-order valence-corrected chi connectivity index (χ4v) is 4.09. The van der Waals surface area contributed by atoms with Gasteiger partial charge in [-0.15, -0.1) is 0 Å². The molecule has 0 unspecified atom stereocenters. The molecule has 2 aliphatic heterocycles. The third kappa shape index (κ3) is 3.85. The van der Waals surface area contributed by atoms with Crippen LogP contribution in [0.1, 0.15) is 23.7 Å². The smallest absolute Gasteiger partial charge is 0.251 e. The van der Waals surface area contributed by atoms with E-state index >= 15 is 0 Å². The Morgan fingerprint density at radius 1 is 1.20 bits per heavy atom. The summed E-state index contributed by atoms with van der Waals surface area (Å²) in [4.78, 5) is 12.5. The minimum Gasteiger partial charge on any atom is -0.388 e. The third-order valence-electron chi connectivity index (χ3n) is 4.31. The quantitative estimate of drug-likeness (QED) is 0.630. The van der Waals surface area contributed by atoms with Gasteiger partial charge in [-0.25, -0.2) is 13.1 Å². The molecule has 0 bridgehead atoms. The van der Waals surface area contributed by atoms with Crippen LogP contribution < -0.4 is 10.0 Å². The SMILES string of the molecule is CCCNS(=O)(=O)c1ccc(C(=O)N[C@@H]2CO[C@H]3[C@@H]2OC[C@H]3O)cc1. The van der Waals surface area contributed by atoms with Crippen LogP contribution in [0.15, 0.2) is 29.2 Å². The summed E-state index contributed by atoms with van der Waals surface area (Å²) >= 11 is 0. The van der Waals surface area contributed by atoms with Crippen LogP contribution in [0.3, 0.4) is 0 Å². The lowest BCUT2D eigenvalue weighted by Crippen LogP contribution is -2.44. The molecule has 138 valence electrons. The van der Waals surface area contributed by atoms with Crippen LogP contribution in [0.25, 0.3) is 0 Å². The summed E-state index contributed by atoms with van der Waals surface area (Å²) in [7, 11) is -3.55. The van der Waals surface area contributed by atoms with Gasteiger partial charge in [-0.1, -0.05) is 6.92 Å². The van der Waals surface area contributed by atoms with Crippen molar-refractivity contribution in [3.8, 4) is 0 Å². The second kappa shape index (κ2) is 7.38. The number of amides is 1. The van der Waals surface area contributed by atoms with Gasteiger partial charge in [0, 0.05) is 12.1 Å². The zero-order chi connectivity index (χ0) is 18.0. The van der Waals surface area contributed by atoms with Crippen molar-refractivity contribution in [3.63, 3.8) is 0 Å². The predicted molar refractivity (Wildman–Crippen MR) is 88.7 cm³/mol.